The van der Waals surface area contributed by atoms with E-state index in [9.17, 15) is 9.59 Å². The second kappa shape index (κ2) is 12.2. The first-order valence-electron chi connectivity index (χ1n) is 12.0. The highest BCUT2D eigenvalue weighted by atomic mass is 35.5. The summed E-state index contributed by atoms with van der Waals surface area (Å²) in [6, 6.07) is 12.2. The van der Waals surface area contributed by atoms with Crippen molar-refractivity contribution in [3.8, 4) is 5.75 Å². The number of nitrogens with zero attached hydrogens (tertiary/aromatic N) is 1. The monoisotopic (exact) mass is 470 g/mol. The molecule has 2 aromatic rings. The number of aryl methyl sites for hydroxylation is 2. The number of ketones is 1. The zero-order valence-electron chi connectivity index (χ0n) is 19.5. The average Bonchev–Trinajstić information content (AvgIpc) is 2.83. The predicted molar refractivity (Wildman–Crippen MR) is 135 cm³/mol. The maximum atomic E-state index is 12.8. The van der Waals surface area contributed by atoms with Gasteiger partial charge < -0.3 is 15.0 Å². The van der Waals surface area contributed by atoms with Crippen LogP contribution in [0.4, 0.5) is 5.69 Å². The Bertz CT molecular complexity index is 959. The largest absolute Gasteiger partial charge is 0.496 e. The number of rotatable bonds is 11. The minimum Gasteiger partial charge on any atom is -0.496 e. The van der Waals surface area contributed by atoms with Crippen LogP contribution in [0.1, 0.15) is 65.6 Å². The van der Waals surface area contributed by atoms with Gasteiger partial charge in [-0.3, -0.25) is 9.59 Å². The van der Waals surface area contributed by atoms with Crippen LogP contribution in [0, 0.1) is 0 Å². The number of hydrogen-bond donors (Lipinski definition) is 1. The molecular formula is C27H35ClN2O3. The fourth-order valence-electron chi connectivity index (χ4n) is 4.93. The SMILES string of the molecule is COc1ccccc1CCNCCCCCC(=O)c1cc2c3c(c1)CCC(=O)N3CCC2.Cl. The third kappa shape index (κ3) is 6.15. The van der Waals surface area contributed by atoms with Crippen molar-refractivity contribution < 1.29 is 14.3 Å². The fraction of sp³-hybridized carbons (Fsp3) is 0.481. The van der Waals surface area contributed by atoms with Gasteiger partial charge in [-0.05, 0) is 86.5 Å². The molecule has 0 saturated heterocycles. The maximum Gasteiger partial charge on any atom is 0.227 e. The van der Waals surface area contributed by atoms with E-state index in [1.54, 1.807) is 7.11 Å². The average molecular weight is 471 g/mol. The van der Waals surface area contributed by atoms with Crippen LogP contribution < -0.4 is 15.0 Å². The normalized spacial score (nSPS) is 14.5. The Balaban J connectivity index is 0.00000306. The zero-order valence-corrected chi connectivity index (χ0v) is 20.3. The lowest BCUT2D eigenvalue weighted by Crippen LogP contribution is -2.39. The molecule has 0 atom stereocenters. The Hall–Kier alpha value is -2.37. The number of benzene rings is 2. The van der Waals surface area contributed by atoms with Gasteiger partial charge in [0.15, 0.2) is 5.78 Å². The van der Waals surface area contributed by atoms with Gasteiger partial charge in [0.05, 0.1) is 12.8 Å². The van der Waals surface area contributed by atoms with Crippen molar-refractivity contribution in [2.75, 3.05) is 31.6 Å². The third-order valence-corrected chi connectivity index (χ3v) is 6.62. The van der Waals surface area contributed by atoms with E-state index in [1.165, 1.54) is 16.7 Å². The molecule has 178 valence electrons. The number of unbranched alkanes of at least 4 members (excludes halogenated alkanes) is 2. The Labute approximate surface area is 203 Å². The van der Waals surface area contributed by atoms with Gasteiger partial charge >= 0.3 is 0 Å². The summed E-state index contributed by atoms with van der Waals surface area (Å²) in [6.45, 7) is 2.71. The highest BCUT2D eigenvalue weighted by molar-refractivity contribution is 6.01. The van der Waals surface area contributed by atoms with E-state index in [0.717, 1.165) is 81.6 Å². The summed E-state index contributed by atoms with van der Waals surface area (Å²) >= 11 is 0. The van der Waals surface area contributed by atoms with E-state index in [-0.39, 0.29) is 24.1 Å². The van der Waals surface area contributed by atoms with Crippen molar-refractivity contribution in [3.63, 3.8) is 0 Å². The third-order valence-electron chi connectivity index (χ3n) is 6.62. The maximum absolute atomic E-state index is 12.8. The molecular weight excluding hydrogens is 436 g/mol. The number of nitrogens with one attached hydrogen (secondary N) is 1. The summed E-state index contributed by atoms with van der Waals surface area (Å²) in [7, 11) is 1.71. The summed E-state index contributed by atoms with van der Waals surface area (Å²) < 4.78 is 5.40. The lowest BCUT2D eigenvalue weighted by Gasteiger charge is -2.35. The van der Waals surface area contributed by atoms with Crippen LogP contribution in [0.15, 0.2) is 36.4 Å². The van der Waals surface area contributed by atoms with Gasteiger partial charge in [-0.25, -0.2) is 0 Å². The summed E-state index contributed by atoms with van der Waals surface area (Å²) in [6.07, 6.45) is 7.87. The molecule has 2 aliphatic rings. The van der Waals surface area contributed by atoms with Crippen molar-refractivity contribution >= 4 is 29.8 Å². The molecule has 2 heterocycles. The number of hydrogen-bond acceptors (Lipinski definition) is 4. The van der Waals surface area contributed by atoms with Crippen molar-refractivity contribution in [1.82, 2.24) is 5.32 Å². The predicted octanol–water partition coefficient (Wildman–Crippen LogP) is 4.92. The molecule has 0 spiro atoms. The molecule has 2 aliphatic heterocycles. The molecule has 0 saturated carbocycles. The summed E-state index contributed by atoms with van der Waals surface area (Å²) in [4.78, 5) is 27.0. The van der Waals surface area contributed by atoms with Crippen LogP contribution >= 0.6 is 12.4 Å². The molecule has 0 bridgehead atoms. The fourth-order valence-corrected chi connectivity index (χ4v) is 4.93. The lowest BCUT2D eigenvalue weighted by atomic mass is 9.88. The quantitative estimate of drug-likeness (QED) is 0.374. The molecule has 5 nitrogen and oxygen atoms in total. The molecule has 0 unspecified atom stereocenters. The lowest BCUT2D eigenvalue weighted by molar-refractivity contribution is -0.119. The van der Waals surface area contributed by atoms with Gasteiger partial charge in [-0.15, -0.1) is 12.4 Å². The minimum absolute atomic E-state index is 0. The highest BCUT2D eigenvalue weighted by Crippen LogP contribution is 2.36. The van der Waals surface area contributed by atoms with Gasteiger partial charge in [-0.1, -0.05) is 24.6 Å². The van der Waals surface area contributed by atoms with Crippen LogP contribution in [-0.2, 0) is 24.1 Å². The number of anilines is 1. The number of methoxy groups -OCH3 is 1. The van der Waals surface area contributed by atoms with Gasteiger partial charge in [-0.2, -0.15) is 0 Å². The number of carbonyl (C=O) groups excluding carboxylic acids is 2. The van der Waals surface area contributed by atoms with Crippen LogP contribution in [0.2, 0.25) is 0 Å². The number of para-hydroxylation sites is 1. The Morgan fingerprint density at radius 3 is 2.64 bits per heavy atom. The van der Waals surface area contributed by atoms with E-state index in [4.69, 9.17) is 4.74 Å². The molecule has 0 fully saturated rings. The van der Waals surface area contributed by atoms with E-state index in [2.05, 4.69) is 11.4 Å². The van der Waals surface area contributed by atoms with Crippen molar-refractivity contribution in [3.05, 3.63) is 58.7 Å². The van der Waals surface area contributed by atoms with Crippen molar-refractivity contribution in [2.24, 2.45) is 0 Å². The van der Waals surface area contributed by atoms with Crippen LogP contribution in [0.3, 0.4) is 0 Å². The smallest absolute Gasteiger partial charge is 0.227 e. The van der Waals surface area contributed by atoms with Crippen LogP contribution in [-0.4, -0.2) is 38.4 Å². The van der Waals surface area contributed by atoms with E-state index in [1.807, 2.05) is 35.2 Å². The number of carbonyl (C=O) groups is 2. The van der Waals surface area contributed by atoms with Gasteiger partial charge in [0.25, 0.3) is 0 Å². The highest BCUT2D eigenvalue weighted by Gasteiger charge is 2.30. The summed E-state index contributed by atoms with van der Waals surface area (Å²) in [5.74, 6) is 1.42. The minimum atomic E-state index is 0. The second-order valence-electron chi connectivity index (χ2n) is 8.84. The summed E-state index contributed by atoms with van der Waals surface area (Å²) in [5.41, 5.74) is 5.53. The van der Waals surface area contributed by atoms with E-state index >= 15 is 0 Å². The number of amides is 1. The standard InChI is InChI=1S/C27H34N2O3.ClH/c1-32-25-11-5-4-8-20(25)14-16-28-15-6-2-3-10-24(30)23-18-21-9-7-17-29-26(31)13-12-22(19-23)27(21)29;/h4-5,8,11,18-19,28H,2-3,6-7,9-10,12-17H2,1H3;1H. The zero-order chi connectivity index (χ0) is 22.3. The van der Waals surface area contributed by atoms with Gasteiger partial charge in [0, 0.05) is 24.9 Å². The molecule has 0 aromatic heterocycles. The molecule has 0 aliphatic carbocycles. The number of halogens is 1. The first-order valence-corrected chi connectivity index (χ1v) is 12.0. The topological polar surface area (TPSA) is 58.6 Å². The number of Topliss-reactive ketones (excluding diaryl/α,β-unsaturated/α-hetero) is 1. The van der Waals surface area contributed by atoms with E-state index in [0.29, 0.717) is 12.8 Å². The van der Waals surface area contributed by atoms with Crippen LogP contribution in [0.5, 0.6) is 5.75 Å². The van der Waals surface area contributed by atoms with Gasteiger partial charge in [0.2, 0.25) is 5.91 Å². The summed E-state index contributed by atoms with van der Waals surface area (Å²) in [5, 5.41) is 3.50. The van der Waals surface area contributed by atoms with Crippen LogP contribution in [0.25, 0.3) is 0 Å². The van der Waals surface area contributed by atoms with Gasteiger partial charge in [0.1, 0.15) is 5.75 Å². The molecule has 1 N–H and O–H groups in total. The molecule has 6 heteroatoms. The molecule has 1 amide bonds. The number of ether oxygens (including phenoxy) is 1. The molecule has 4 rings (SSSR count). The van der Waals surface area contributed by atoms with Crippen molar-refractivity contribution in [2.45, 2.75) is 57.8 Å². The van der Waals surface area contributed by atoms with Crippen molar-refractivity contribution in [1.29, 1.82) is 0 Å². The molecule has 2 aromatic carbocycles. The molecule has 0 radical (unpaired) electrons. The van der Waals surface area contributed by atoms with E-state index < -0.39 is 0 Å². The first kappa shape index (κ1) is 25.3. The molecule has 33 heavy (non-hydrogen) atoms. The Morgan fingerprint density at radius 2 is 1.82 bits per heavy atom. The second-order valence-corrected chi connectivity index (χ2v) is 8.84. The Kier molecular flexibility index (Phi) is 9.33. The first-order chi connectivity index (χ1) is 15.7. The Morgan fingerprint density at radius 1 is 1.03 bits per heavy atom.